The molecule has 4 rings (SSSR count). The molecule has 0 aliphatic carbocycles. The minimum atomic E-state index is -0.170. The number of hydrogen-bond donors (Lipinski definition) is 1. The Labute approximate surface area is 160 Å². The van der Waals surface area contributed by atoms with Crippen molar-refractivity contribution >= 4 is 29.0 Å². The van der Waals surface area contributed by atoms with E-state index in [1.807, 2.05) is 29.6 Å². The Morgan fingerprint density at radius 1 is 1.07 bits per heavy atom. The second kappa shape index (κ2) is 7.63. The van der Waals surface area contributed by atoms with E-state index < -0.39 is 0 Å². The van der Waals surface area contributed by atoms with Gasteiger partial charge >= 0.3 is 6.03 Å². The normalized spacial score (nSPS) is 14.2. The minimum Gasteiger partial charge on any atom is -0.459 e. The van der Waals surface area contributed by atoms with Crippen molar-refractivity contribution in [3.05, 3.63) is 60.0 Å². The van der Waals surface area contributed by atoms with Gasteiger partial charge in [0.05, 0.1) is 6.26 Å². The van der Waals surface area contributed by atoms with E-state index in [1.165, 1.54) is 6.26 Å². The molecule has 1 N–H and O–H groups in total. The number of piperazine rings is 1. The quantitative estimate of drug-likeness (QED) is 0.753. The maximum Gasteiger partial charge on any atom is 0.321 e. The average molecular weight is 382 g/mol. The molecule has 1 aliphatic heterocycles. The minimum absolute atomic E-state index is 0.142. The molecular formula is C19H18N4O3S. The van der Waals surface area contributed by atoms with Gasteiger partial charge in [-0.2, -0.15) is 0 Å². The SMILES string of the molecule is O=C(Nc1cccc(-c2nccs2)c1)N1CCN(C(=O)c2ccco2)CC1. The number of nitrogens with zero attached hydrogens (tertiary/aromatic N) is 3. The lowest BCUT2D eigenvalue weighted by Gasteiger charge is -2.34. The number of rotatable bonds is 3. The smallest absolute Gasteiger partial charge is 0.321 e. The van der Waals surface area contributed by atoms with Crippen LogP contribution >= 0.6 is 11.3 Å². The van der Waals surface area contributed by atoms with Crippen molar-refractivity contribution in [3.8, 4) is 10.6 Å². The third-order valence-electron chi connectivity index (χ3n) is 4.38. The first-order valence-corrected chi connectivity index (χ1v) is 9.47. The van der Waals surface area contributed by atoms with Crippen molar-refractivity contribution in [2.24, 2.45) is 0 Å². The molecule has 1 aliphatic rings. The molecule has 0 atom stereocenters. The number of benzene rings is 1. The van der Waals surface area contributed by atoms with Crippen LogP contribution in [0.2, 0.25) is 0 Å². The summed E-state index contributed by atoms with van der Waals surface area (Å²) in [6.07, 6.45) is 3.24. The summed E-state index contributed by atoms with van der Waals surface area (Å²) in [4.78, 5) is 32.5. The van der Waals surface area contributed by atoms with Gasteiger partial charge in [0.15, 0.2) is 5.76 Å². The highest BCUT2D eigenvalue weighted by atomic mass is 32.1. The second-order valence-electron chi connectivity index (χ2n) is 6.10. The Morgan fingerprint density at radius 2 is 1.89 bits per heavy atom. The van der Waals surface area contributed by atoms with Gasteiger partial charge < -0.3 is 19.5 Å². The highest BCUT2D eigenvalue weighted by Crippen LogP contribution is 2.24. The van der Waals surface area contributed by atoms with E-state index in [9.17, 15) is 9.59 Å². The number of carbonyl (C=O) groups excluding carboxylic acids is 2. The predicted molar refractivity (Wildman–Crippen MR) is 103 cm³/mol. The van der Waals surface area contributed by atoms with Gasteiger partial charge in [-0.25, -0.2) is 9.78 Å². The van der Waals surface area contributed by atoms with Gasteiger partial charge in [-0.15, -0.1) is 11.3 Å². The van der Waals surface area contributed by atoms with Gasteiger partial charge in [0.25, 0.3) is 5.91 Å². The standard InChI is InChI=1S/C19H18N4O3S/c24-18(16-5-2-11-26-16)22-7-9-23(10-8-22)19(25)21-15-4-1-3-14(13-15)17-20-6-12-27-17/h1-6,11-13H,7-10H2,(H,21,25). The third-order valence-corrected chi connectivity index (χ3v) is 5.20. The van der Waals surface area contributed by atoms with Gasteiger partial charge in [0.2, 0.25) is 0 Å². The molecule has 0 radical (unpaired) electrons. The second-order valence-corrected chi connectivity index (χ2v) is 7.00. The fraction of sp³-hybridized carbons (Fsp3) is 0.211. The maximum atomic E-state index is 12.6. The van der Waals surface area contributed by atoms with Crippen LogP contribution < -0.4 is 5.32 Å². The van der Waals surface area contributed by atoms with Crippen LogP contribution in [-0.2, 0) is 0 Å². The molecule has 1 fully saturated rings. The summed E-state index contributed by atoms with van der Waals surface area (Å²) >= 11 is 1.55. The fourth-order valence-corrected chi connectivity index (χ4v) is 3.60. The summed E-state index contributed by atoms with van der Waals surface area (Å²) in [7, 11) is 0. The molecule has 3 aromatic rings. The summed E-state index contributed by atoms with van der Waals surface area (Å²) in [6.45, 7) is 1.91. The molecule has 0 spiro atoms. The lowest BCUT2D eigenvalue weighted by molar-refractivity contribution is 0.0640. The zero-order chi connectivity index (χ0) is 18.6. The van der Waals surface area contributed by atoms with Crippen LogP contribution in [0.5, 0.6) is 0 Å². The van der Waals surface area contributed by atoms with Crippen molar-refractivity contribution in [2.45, 2.75) is 0 Å². The first-order chi connectivity index (χ1) is 13.2. The van der Waals surface area contributed by atoms with E-state index in [2.05, 4.69) is 10.3 Å². The lowest BCUT2D eigenvalue weighted by Crippen LogP contribution is -2.51. The molecule has 0 saturated carbocycles. The number of anilines is 1. The number of urea groups is 1. The first kappa shape index (κ1) is 17.3. The molecule has 1 saturated heterocycles. The number of carbonyl (C=O) groups is 2. The molecular weight excluding hydrogens is 364 g/mol. The molecule has 3 heterocycles. The Morgan fingerprint density at radius 3 is 2.59 bits per heavy atom. The lowest BCUT2D eigenvalue weighted by atomic mass is 10.2. The molecule has 2 aromatic heterocycles. The summed E-state index contributed by atoms with van der Waals surface area (Å²) < 4.78 is 5.16. The van der Waals surface area contributed by atoms with Gasteiger partial charge in [-0.1, -0.05) is 12.1 Å². The predicted octanol–water partition coefficient (Wildman–Crippen LogP) is 3.39. The van der Waals surface area contributed by atoms with Crippen LogP contribution in [0.3, 0.4) is 0 Å². The van der Waals surface area contributed by atoms with Crippen molar-refractivity contribution in [1.29, 1.82) is 0 Å². The Balaban J connectivity index is 1.35. The number of furan rings is 1. The largest absolute Gasteiger partial charge is 0.459 e. The maximum absolute atomic E-state index is 12.6. The molecule has 138 valence electrons. The number of amides is 3. The van der Waals surface area contributed by atoms with Crippen LogP contribution in [0.4, 0.5) is 10.5 Å². The molecule has 1 aromatic carbocycles. The monoisotopic (exact) mass is 382 g/mol. The Hall–Kier alpha value is -3.13. The van der Waals surface area contributed by atoms with E-state index in [1.54, 1.807) is 39.5 Å². The molecule has 7 nitrogen and oxygen atoms in total. The van der Waals surface area contributed by atoms with Crippen LogP contribution in [0.25, 0.3) is 10.6 Å². The molecule has 3 amide bonds. The fourth-order valence-electron chi connectivity index (χ4n) is 2.97. The summed E-state index contributed by atoms with van der Waals surface area (Å²) in [5.41, 5.74) is 1.69. The number of thiazole rings is 1. The third kappa shape index (κ3) is 3.85. The Kier molecular flexibility index (Phi) is 4.88. The van der Waals surface area contributed by atoms with E-state index in [-0.39, 0.29) is 11.9 Å². The first-order valence-electron chi connectivity index (χ1n) is 8.59. The number of hydrogen-bond acceptors (Lipinski definition) is 5. The van der Waals surface area contributed by atoms with E-state index in [0.29, 0.717) is 31.9 Å². The van der Waals surface area contributed by atoms with Crippen molar-refractivity contribution in [1.82, 2.24) is 14.8 Å². The molecule has 0 unspecified atom stereocenters. The summed E-state index contributed by atoms with van der Waals surface area (Å²) in [6, 6.07) is 10.8. The zero-order valence-corrected chi connectivity index (χ0v) is 15.3. The Bertz CT molecular complexity index is 916. The molecule has 27 heavy (non-hydrogen) atoms. The van der Waals surface area contributed by atoms with Crippen molar-refractivity contribution in [2.75, 3.05) is 31.5 Å². The number of nitrogens with one attached hydrogen (secondary N) is 1. The van der Waals surface area contributed by atoms with E-state index in [4.69, 9.17) is 4.42 Å². The topological polar surface area (TPSA) is 78.7 Å². The molecule has 8 heteroatoms. The summed E-state index contributed by atoms with van der Waals surface area (Å²) in [5, 5.41) is 5.76. The highest BCUT2D eigenvalue weighted by Gasteiger charge is 2.26. The van der Waals surface area contributed by atoms with E-state index in [0.717, 1.165) is 16.3 Å². The van der Waals surface area contributed by atoms with Gasteiger partial charge in [0.1, 0.15) is 5.01 Å². The number of aromatic nitrogens is 1. The summed E-state index contributed by atoms with van der Waals surface area (Å²) in [5.74, 6) is 0.183. The van der Waals surface area contributed by atoms with Gasteiger partial charge in [0, 0.05) is 49.0 Å². The highest BCUT2D eigenvalue weighted by molar-refractivity contribution is 7.13. The van der Waals surface area contributed by atoms with Gasteiger partial charge in [-0.05, 0) is 24.3 Å². The average Bonchev–Trinajstić information content (AvgIpc) is 3.42. The van der Waals surface area contributed by atoms with Gasteiger partial charge in [-0.3, -0.25) is 4.79 Å². The van der Waals surface area contributed by atoms with Crippen LogP contribution in [0.15, 0.2) is 58.7 Å². The van der Waals surface area contributed by atoms with Crippen LogP contribution in [-0.4, -0.2) is 52.9 Å². The molecule has 0 bridgehead atoms. The van der Waals surface area contributed by atoms with E-state index >= 15 is 0 Å². The van der Waals surface area contributed by atoms with Crippen LogP contribution in [0.1, 0.15) is 10.6 Å². The zero-order valence-electron chi connectivity index (χ0n) is 14.5. The van der Waals surface area contributed by atoms with Crippen molar-refractivity contribution in [3.63, 3.8) is 0 Å². The van der Waals surface area contributed by atoms with Crippen molar-refractivity contribution < 1.29 is 14.0 Å². The van der Waals surface area contributed by atoms with Crippen LogP contribution in [0, 0.1) is 0 Å².